The first-order valence-electron chi connectivity index (χ1n) is 4.97. The second-order valence-corrected chi connectivity index (χ2v) is 4.44. The Morgan fingerprint density at radius 2 is 2.38 bits per heavy atom. The van der Waals surface area contributed by atoms with E-state index in [1.54, 1.807) is 19.2 Å². The van der Waals surface area contributed by atoms with Crippen LogP contribution in [0.25, 0.3) is 0 Å². The molecular weight excluding hydrogens is 226 g/mol. The summed E-state index contributed by atoms with van der Waals surface area (Å²) in [6.07, 6.45) is 1.54. The molecular formula is C11H15NO3S. The van der Waals surface area contributed by atoms with Crippen molar-refractivity contribution in [1.29, 1.82) is 0 Å². The zero-order chi connectivity index (χ0) is 12.0. The van der Waals surface area contributed by atoms with E-state index in [4.69, 9.17) is 0 Å². The molecule has 0 aliphatic carbocycles. The minimum atomic E-state index is -0.547. The van der Waals surface area contributed by atoms with Gasteiger partial charge in [-0.1, -0.05) is 0 Å². The molecule has 1 N–H and O–H groups in total. The number of aliphatic hydroxyl groups excluding tert-OH is 1. The first-order valence-corrected chi connectivity index (χ1v) is 5.95. The summed E-state index contributed by atoms with van der Waals surface area (Å²) in [7, 11) is 1.38. The highest BCUT2D eigenvalue weighted by atomic mass is 32.2. The number of methoxy groups -OCH3 is 1. The van der Waals surface area contributed by atoms with Crippen molar-refractivity contribution >= 4 is 17.7 Å². The minimum absolute atomic E-state index is 0.207. The lowest BCUT2D eigenvalue weighted by Crippen LogP contribution is -2.01. The Labute approximate surface area is 99.0 Å². The molecule has 0 amide bonds. The average Bonchev–Trinajstić information content (AvgIpc) is 2.29. The lowest BCUT2D eigenvalue weighted by Gasteiger charge is -2.04. The van der Waals surface area contributed by atoms with E-state index in [0.29, 0.717) is 17.9 Å². The van der Waals surface area contributed by atoms with Gasteiger partial charge in [-0.3, -0.25) is 9.78 Å². The van der Waals surface area contributed by atoms with Gasteiger partial charge in [0, 0.05) is 16.8 Å². The smallest absolute Gasteiger partial charge is 0.306 e. The van der Waals surface area contributed by atoms with E-state index in [9.17, 15) is 9.90 Å². The molecule has 1 rings (SSSR count). The maximum Gasteiger partial charge on any atom is 0.306 e. The number of pyridine rings is 1. The van der Waals surface area contributed by atoms with E-state index in [2.05, 4.69) is 9.72 Å². The molecule has 88 valence electrons. The predicted octanol–water partition coefficient (Wildman–Crippen LogP) is 1.79. The zero-order valence-electron chi connectivity index (χ0n) is 9.34. The van der Waals surface area contributed by atoms with E-state index in [1.165, 1.54) is 18.9 Å². The number of aromatic nitrogens is 1. The molecule has 5 heteroatoms. The van der Waals surface area contributed by atoms with Crippen molar-refractivity contribution in [3.8, 4) is 0 Å². The largest absolute Gasteiger partial charge is 0.469 e. The molecule has 1 atom stereocenters. The third-order valence-corrected chi connectivity index (χ3v) is 2.97. The highest BCUT2D eigenvalue weighted by Crippen LogP contribution is 2.19. The van der Waals surface area contributed by atoms with Crippen LogP contribution in [-0.4, -0.2) is 28.9 Å². The number of rotatable bonds is 5. The van der Waals surface area contributed by atoms with E-state index >= 15 is 0 Å². The number of hydrogen-bond donors (Lipinski definition) is 1. The number of aliphatic hydroxyl groups is 1. The number of thioether (sulfide) groups is 1. The summed E-state index contributed by atoms with van der Waals surface area (Å²) in [5.41, 5.74) is 0.650. The molecule has 0 radical (unpaired) electrons. The summed E-state index contributed by atoms with van der Waals surface area (Å²) in [6, 6.07) is 3.67. The number of hydrogen-bond acceptors (Lipinski definition) is 5. The Kier molecular flexibility index (Phi) is 5.28. The molecule has 1 heterocycles. The van der Waals surface area contributed by atoms with Crippen molar-refractivity contribution < 1.29 is 14.6 Å². The first kappa shape index (κ1) is 13.0. The zero-order valence-corrected chi connectivity index (χ0v) is 10.2. The van der Waals surface area contributed by atoms with Crippen LogP contribution < -0.4 is 0 Å². The van der Waals surface area contributed by atoms with Crippen LogP contribution in [0.1, 0.15) is 25.1 Å². The Balaban J connectivity index is 2.40. The fourth-order valence-corrected chi connectivity index (χ4v) is 1.87. The highest BCUT2D eigenvalue weighted by molar-refractivity contribution is 7.99. The molecule has 0 aromatic carbocycles. The molecule has 0 unspecified atom stereocenters. The summed E-state index contributed by atoms with van der Waals surface area (Å²) < 4.78 is 4.54. The van der Waals surface area contributed by atoms with Gasteiger partial charge in [-0.25, -0.2) is 0 Å². The average molecular weight is 241 g/mol. The maximum atomic E-state index is 10.9. The summed E-state index contributed by atoms with van der Waals surface area (Å²) in [5.74, 6) is 0.462. The van der Waals surface area contributed by atoms with E-state index in [0.717, 1.165) is 4.90 Å². The van der Waals surface area contributed by atoms with Crippen LogP contribution >= 0.6 is 11.8 Å². The normalized spacial score (nSPS) is 12.2. The van der Waals surface area contributed by atoms with Gasteiger partial charge < -0.3 is 9.84 Å². The maximum absolute atomic E-state index is 10.9. The van der Waals surface area contributed by atoms with Gasteiger partial charge in [0.15, 0.2) is 0 Å². The van der Waals surface area contributed by atoms with Gasteiger partial charge in [0.25, 0.3) is 0 Å². The number of carbonyl (C=O) groups is 1. The summed E-state index contributed by atoms with van der Waals surface area (Å²) in [6.45, 7) is 1.67. The molecule has 16 heavy (non-hydrogen) atoms. The van der Waals surface area contributed by atoms with Gasteiger partial charge in [-0.15, -0.1) is 11.8 Å². The predicted molar refractivity (Wildman–Crippen MR) is 62.2 cm³/mol. The van der Waals surface area contributed by atoms with Crippen LogP contribution in [0.3, 0.4) is 0 Å². The van der Waals surface area contributed by atoms with Gasteiger partial charge in [0.05, 0.1) is 25.3 Å². The van der Waals surface area contributed by atoms with Crippen LogP contribution in [0.4, 0.5) is 0 Å². The Morgan fingerprint density at radius 3 is 2.88 bits per heavy atom. The molecule has 0 saturated heterocycles. The molecule has 4 nitrogen and oxygen atoms in total. The fourth-order valence-electron chi connectivity index (χ4n) is 1.08. The van der Waals surface area contributed by atoms with Crippen LogP contribution in [-0.2, 0) is 9.53 Å². The topological polar surface area (TPSA) is 59.4 Å². The van der Waals surface area contributed by atoms with Gasteiger partial charge in [-0.2, -0.15) is 0 Å². The summed E-state index contributed by atoms with van der Waals surface area (Å²) in [5, 5.41) is 9.26. The van der Waals surface area contributed by atoms with Crippen molar-refractivity contribution in [1.82, 2.24) is 4.98 Å². The van der Waals surface area contributed by atoms with Crippen molar-refractivity contribution in [2.45, 2.75) is 24.3 Å². The van der Waals surface area contributed by atoms with Crippen LogP contribution in [0.2, 0.25) is 0 Å². The highest BCUT2D eigenvalue weighted by Gasteiger charge is 2.03. The van der Waals surface area contributed by atoms with Crippen LogP contribution in [0.5, 0.6) is 0 Å². The number of ether oxygens (including phenoxy) is 1. The third-order valence-electron chi connectivity index (χ3n) is 1.99. The molecule has 1 aromatic rings. The molecule has 0 fully saturated rings. The molecule has 0 aliphatic heterocycles. The quantitative estimate of drug-likeness (QED) is 0.629. The van der Waals surface area contributed by atoms with Gasteiger partial charge >= 0.3 is 5.97 Å². The molecule has 0 aliphatic rings. The molecule has 1 aromatic heterocycles. The third kappa shape index (κ3) is 4.20. The second kappa shape index (κ2) is 6.50. The van der Waals surface area contributed by atoms with Gasteiger partial charge in [0.2, 0.25) is 0 Å². The number of esters is 1. The SMILES string of the molecule is COC(=O)CCSc1ccc([C@@H](C)O)nc1. The van der Waals surface area contributed by atoms with Gasteiger partial charge in [0.1, 0.15) is 0 Å². The van der Waals surface area contributed by atoms with Gasteiger partial charge in [-0.05, 0) is 19.1 Å². The van der Waals surface area contributed by atoms with Crippen molar-refractivity contribution in [2.75, 3.05) is 12.9 Å². The van der Waals surface area contributed by atoms with Crippen LogP contribution in [0, 0.1) is 0 Å². The molecule has 0 bridgehead atoms. The van der Waals surface area contributed by atoms with Crippen molar-refractivity contribution in [3.63, 3.8) is 0 Å². The minimum Gasteiger partial charge on any atom is -0.469 e. The summed E-state index contributed by atoms with van der Waals surface area (Å²) in [4.78, 5) is 16.0. The lowest BCUT2D eigenvalue weighted by molar-refractivity contribution is -0.140. The first-order chi connectivity index (χ1) is 7.63. The standard InChI is InChI=1S/C11H15NO3S/c1-8(13)10-4-3-9(7-12-10)16-6-5-11(14)15-2/h3-4,7-8,13H,5-6H2,1-2H3/t8-/m1/s1. The Hall–Kier alpha value is -1.07. The van der Waals surface area contributed by atoms with Crippen LogP contribution in [0.15, 0.2) is 23.2 Å². The van der Waals surface area contributed by atoms with E-state index < -0.39 is 6.10 Å². The van der Waals surface area contributed by atoms with E-state index in [-0.39, 0.29) is 5.97 Å². The Bertz CT molecular complexity index is 338. The Morgan fingerprint density at radius 1 is 1.62 bits per heavy atom. The number of nitrogens with zero attached hydrogens (tertiary/aromatic N) is 1. The van der Waals surface area contributed by atoms with Crippen molar-refractivity contribution in [2.24, 2.45) is 0 Å². The molecule has 0 saturated carbocycles. The fraction of sp³-hybridized carbons (Fsp3) is 0.455. The van der Waals surface area contributed by atoms with Crippen molar-refractivity contribution in [3.05, 3.63) is 24.0 Å². The molecule has 0 spiro atoms. The lowest BCUT2D eigenvalue weighted by atomic mass is 10.2. The monoisotopic (exact) mass is 241 g/mol. The second-order valence-electron chi connectivity index (χ2n) is 3.27. The summed E-state index contributed by atoms with van der Waals surface area (Å²) >= 11 is 1.54. The van der Waals surface area contributed by atoms with E-state index in [1.807, 2.05) is 6.07 Å². The number of carbonyl (C=O) groups excluding carboxylic acids is 1.